The van der Waals surface area contributed by atoms with Gasteiger partial charge in [-0.2, -0.15) is 0 Å². The van der Waals surface area contributed by atoms with Crippen LogP contribution in [0.15, 0.2) is 18.2 Å². The molecule has 1 N–H and O–H groups in total. The van der Waals surface area contributed by atoms with Crippen LogP contribution in [-0.4, -0.2) is 11.5 Å². The van der Waals surface area contributed by atoms with Crippen molar-refractivity contribution < 1.29 is 9.31 Å². The number of halogens is 1. The fourth-order valence-corrected chi connectivity index (χ4v) is 2.62. The second kappa shape index (κ2) is 5.99. The number of anilines is 1. The normalized spacial score (nSPS) is 23.1. The number of para-hydroxylation sites is 1. The molecule has 104 valence electrons. The first-order chi connectivity index (χ1) is 9.08. The Morgan fingerprint density at radius 3 is 2.68 bits per heavy atom. The van der Waals surface area contributed by atoms with Gasteiger partial charge < -0.3 is 5.32 Å². The Hall–Kier alpha value is -1.65. The Morgan fingerprint density at radius 2 is 2.05 bits per heavy atom. The summed E-state index contributed by atoms with van der Waals surface area (Å²) in [5.74, 6) is 0.688. The zero-order chi connectivity index (χ0) is 13.8. The number of hydrogen-bond donors (Lipinski definition) is 1. The third-order valence-electron chi connectivity index (χ3n) is 3.89. The van der Waals surface area contributed by atoms with Crippen molar-refractivity contribution in [1.29, 1.82) is 0 Å². The largest absolute Gasteiger partial charge is 0.377 e. The van der Waals surface area contributed by atoms with Crippen molar-refractivity contribution in [1.82, 2.24) is 0 Å². The molecule has 0 saturated heterocycles. The molecule has 0 unspecified atom stereocenters. The second-order valence-electron chi connectivity index (χ2n) is 5.40. The summed E-state index contributed by atoms with van der Waals surface area (Å²) in [6.45, 7) is 2.85. The molecule has 1 saturated carbocycles. The number of nitrogens with zero attached hydrogens (tertiary/aromatic N) is 1. The first-order valence-corrected chi connectivity index (χ1v) is 6.74. The lowest BCUT2D eigenvalue weighted by atomic mass is 9.83. The highest BCUT2D eigenvalue weighted by molar-refractivity contribution is 5.62. The molecule has 0 heterocycles. The highest BCUT2D eigenvalue weighted by atomic mass is 19.1. The molecule has 1 aromatic rings. The molecule has 2 rings (SSSR count). The third kappa shape index (κ3) is 3.43. The van der Waals surface area contributed by atoms with Gasteiger partial charge >= 0.3 is 0 Å². The summed E-state index contributed by atoms with van der Waals surface area (Å²) in [6, 6.07) is 3.94. The number of benzene rings is 1. The Balaban J connectivity index is 2.01. The predicted octanol–water partition coefficient (Wildman–Crippen LogP) is 3.97. The zero-order valence-corrected chi connectivity index (χ0v) is 11.1. The van der Waals surface area contributed by atoms with E-state index < -0.39 is 10.7 Å². The summed E-state index contributed by atoms with van der Waals surface area (Å²) in [5.41, 5.74) is -0.171. The van der Waals surface area contributed by atoms with Crippen LogP contribution in [0.3, 0.4) is 0 Å². The van der Waals surface area contributed by atoms with E-state index in [9.17, 15) is 14.5 Å². The van der Waals surface area contributed by atoms with Crippen LogP contribution in [-0.2, 0) is 0 Å². The minimum Gasteiger partial charge on any atom is -0.377 e. The quantitative estimate of drug-likeness (QED) is 0.662. The topological polar surface area (TPSA) is 55.2 Å². The van der Waals surface area contributed by atoms with Gasteiger partial charge in [-0.15, -0.1) is 0 Å². The first-order valence-electron chi connectivity index (χ1n) is 6.74. The third-order valence-corrected chi connectivity index (χ3v) is 3.89. The fraction of sp³-hybridized carbons (Fsp3) is 0.571. The average molecular weight is 266 g/mol. The van der Waals surface area contributed by atoms with Crippen LogP contribution in [0.5, 0.6) is 0 Å². The molecule has 5 heteroatoms. The lowest BCUT2D eigenvalue weighted by Crippen LogP contribution is -2.20. The zero-order valence-electron chi connectivity index (χ0n) is 11.1. The summed E-state index contributed by atoms with van der Waals surface area (Å²) in [4.78, 5) is 10.3. The van der Waals surface area contributed by atoms with Gasteiger partial charge in [0.2, 0.25) is 0 Å². The summed E-state index contributed by atoms with van der Waals surface area (Å²) < 4.78 is 13.7. The smallest absolute Gasteiger partial charge is 0.295 e. The Kier molecular flexibility index (Phi) is 4.35. The fourth-order valence-electron chi connectivity index (χ4n) is 2.62. The van der Waals surface area contributed by atoms with Crippen LogP contribution in [0.2, 0.25) is 0 Å². The van der Waals surface area contributed by atoms with E-state index in [1.165, 1.54) is 31.0 Å². The maximum absolute atomic E-state index is 13.7. The summed E-state index contributed by atoms with van der Waals surface area (Å²) >= 11 is 0. The first kappa shape index (κ1) is 13.8. The number of nitrogens with one attached hydrogen (secondary N) is 1. The van der Waals surface area contributed by atoms with Gasteiger partial charge in [0.1, 0.15) is 5.69 Å². The number of nitro groups is 1. The van der Waals surface area contributed by atoms with Gasteiger partial charge in [-0.1, -0.05) is 25.8 Å². The molecule has 0 atom stereocenters. The molecule has 0 radical (unpaired) electrons. The molecular weight excluding hydrogens is 247 g/mol. The minimum atomic E-state index is -0.557. The maximum Gasteiger partial charge on any atom is 0.295 e. The van der Waals surface area contributed by atoms with Crippen molar-refractivity contribution in [2.45, 2.75) is 32.6 Å². The standard InChI is InChI=1S/C14H19FN2O2/c1-10-5-7-11(8-6-10)9-16-14-12(15)3-2-4-13(14)17(18)19/h2-4,10-11,16H,5-9H2,1H3. The van der Waals surface area contributed by atoms with Crippen LogP contribution in [0.4, 0.5) is 15.8 Å². The Morgan fingerprint density at radius 1 is 1.37 bits per heavy atom. The molecule has 1 fully saturated rings. The lowest BCUT2D eigenvalue weighted by molar-refractivity contribution is -0.384. The van der Waals surface area contributed by atoms with E-state index in [2.05, 4.69) is 12.2 Å². The summed E-state index contributed by atoms with van der Waals surface area (Å²) in [6.07, 6.45) is 4.59. The molecule has 0 spiro atoms. The van der Waals surface area contributed by atoms with Crippen LogP contribution in [0.25, 0.3) is 0 Å². The summed E-state index contributed by atoms with van der Waals surface area (Å²) in [5, 5.41) is 13.8. The molecule has 19 heavy (non-hydrogen) atoms. The van der Waals surface area contributed by atoms with Crippen molar-refractivity contribution in [2.75, 3.05) is 11.9 Å². The van der Waals surface area contributed by atoms with Crippen LogP contribution < -0.4 is 5.32 Å². The van der Waals surface area contributed by atoms with Crippen molar-refractivity contribution in [2.24, 2.45) is 11.8 Å². The molecule has 4 nitrogen and oxygen atoms in total. The van der Waals surface area contributed by atoms with E-state index in [1.807, 2.05) is 0 Å². The predicted molar refractivity (Wildman–Crippen MR) is 72.7 cm³/mol. The molecule has 1 aromatic carbocycles. The van der Waals surface area contributed by atoms with Gasteiger partial charge in [-0.05, 0) is 30.7 Å². The molecule has 0 bridgehead atoms. The van der Waals surface area contributed by atoms with Gasteiger partial charge in [0.05, 0.1) is 4.92 Å². The molecule has 0 aromatic heterocycles. The number of rotatable bonds is 4. The lowest BCUT2D eigenvalue weighted by Gasteiger charge is -2.26. The molecule has 1 aliphatic carbocycles. The minimum absolute atomic E-state index is 0.0196. The molecule has 1 aliphatic rings. The van der Waals surface area contributed by atoms with Crippen LogP contribution >= 0.6 is 0 Å². The molecule has 0 aliphatic heterocycles. The number of hydrogen-bond acceptors (Lipinski definition) is 3. The van der Waals surface area contributed by atoms with E-state index in [4.69, 9.17) is 0 Å². The van der Waals surface area contributed by atoms with Crippen molar-refractivity contribution >= 4 is 11.4 Å². The highest BCUT2D eigenvalue weighted by Crippen LogP contribution is 2.31. The van der Waals surface area contributed by atoms with Crippen LogP contribution in [0.1, 0.15) is 32.6 Å². The Bertz CT molecular complexity index is 457. The van der Waals surface area contributed by atoms with Gasteiger partial charge in [0.25, 0.3) is 5.69 Å². The van der Waals surface area contributed by atoms with Crippen LogP contribution in [0, 0.1) is 27.8 Å². The van der Waals surface area contributed by atoms with E-state index in [0.29, 0.717) is 12.5 Å². The van der Waals surface area contributed by atoms with Crippen molar-refractivity contribution in [3.63, 3.8) is 0 Å². The van der Waals surface area contributed by atoms with E-state index in [1.54, 1.807) is 0 Å². The van der Waals surface area contributed by atoms with E-state index >= 15 is 0 Å². The van der Waals surface area contributed by atoms with Gasteiger partial charge in [-0.3, -0.25) is 10.1 Å². The highest BCUT2D eigenvalue weighted by Gasteiger charge is 2.21. The van der Waals surface area contributed by atoms with Crippen molar-refractivity contribution in [3.05, 3.63) is 34.1 Å². The SMILES string of the molecule is CC1CCC(CNc2c(F)cccc2[N+](=O)[O-])CC1. The maximum atomic E-state index is 13.7. The van der Waals surface area contributed by atoms with E-state index in [0.717, 1.165) is 18.8 Å². The second-order valence-corrected chi connectivity index (χ2v) is 5.40. The van der Waals surface area contributed by atoms with Crippen molar-refractivity contribution in [3.8, 4) is 0 Å². The number of nitro benzene ring substituents is 1. The van der Waals surface area contributed by atoms with Gasteiger partial charge in [0.15, 0.2) is 5.82 Å². The summed E-state index contributed by atoms with van der Waals surface area (Å²) in [7, 11) is 0. The van der Waals surface area contributed by atoms with Gasteiger partial charge in [-0.25, -0.2) is 4.39 Å². The molecular formula is C14H19FN2O2. The average Bonchev–Trinajstić information content (AvgIpc) is 2.39. The molecule has 0 amide bonds. The van der Waals surface area contributed by atoms with Gasteiger partial charge in [0, 0.05) is 12.6 Å². The van der Waals surface area contributed by atoms with E-state index in [-0.39, 0.29) is 11.4 Å². The Labute approximate surface area is 112 Å². The monoisotopic (exact) mass is 266 g/mol.